The number of aromatic amines is 1. The van der Waals surface area contributed by atoms with Crippen molar-refractivity contribution in [2.75, 3.05) is 5.73 Å². The number of nitrogen functional groups attached to an aromatic ring is 1. The molecule has 2 rings (SSSR count). The van der Waals surface area contributed by atoms with E-state index in [2.05, 4.69) is 25.7 Å². The molecule has 0 aliphatic carbocycles. The van der Waals surface area contributed by atoms with Gasteiger partial charge in [-0.1, -0.05) is 6.92 Å². The Morgan fingerprint density at radius 3 is 2.94 bits per heavy atom. The highest BCUT2D eigenvalue weighted by Gasteiger charge is 2.16. The lowest BCUT2D eigenvalue weighted by Crippen LogP contribution is -2.25. The molecule has 0 saturated heterocycles. The summed E-state index contributed by atoms with van der Waals surface area (Å²) in [7, 11) is 1.81. The number of nitrogens with one attached hydrogen (secondary N) is 2. The molecule has 96 valence electrons. The molecule has 0 aliphatic heterocycles. The molecule has 8 nitrogen and oxygen atoms in total. The number of nitrogens with two attached hydrogens (primary N) is 1. The van der Waals surface area contributed by atoms with Crippen LogP contribution in [0.3, 0.4) is 0 Å². The Kier molecular flexibility index (Phi) is 3.26. The zero-order chi connectivity index (χ0) is 13.1. The van der Waals surface area contributed by atoms with Crippen LogP contribution < -0.4 is 11.1 Å². The van der Waals surface area contributed by atoms with Crippen LogP contribution in [-0.4, -0.2) is 30.9 Å². The van der Waals surface area contributed by atoms with Gasteiger partial charge >= 0.3 is 0 Å². The maximum Gasteiger partial charge on any atom is 0.274 e. The Hall–Kier alpha value is -2.38. The minimum atomic E-state index is -0.327. The number of aryl methyl sites for hydroxylation is 2. The fourth-order valence-corrected chi connectivity index (χ4v) is 1.54. The number of nitrogens with zero attached hydrogens (tertiary/aromatic N) is 4. The number of H-pyrrole nitrogens is 1. The van der Waals surface area contributed by atoms with Gasteiger partial charge in [-0.05, 0) is 6.42 Å². The van der Waals surface area contributed by atoms with E-state index in [-0.39, 0.29) is 18.1 Å². The Bertz CT molecular complexity index is 556. The summed E-state index contributed by atoms with van der Waals surface area (Å²) in [6, 6.07) is 0. The van der Waals surface area contributed by atoms with Crippen LogP contribution in [0.1, 0.15) is 28.9 Å². The van der Waals surface area contributed by atoms with Crippen molar-refractivity contribution in [1.82, 2.24) is 30.3 Å². The predicted octanol–water partition coefficient (Wildman–Crippen LogP) is -0.387. The molecular weight excluding hydrogens is 234 g/mol. The largest absolute Gasteiger partial charge is 0.395 e. The van der Waals surface area contributed by atoms with Crippen LogP contribution in [0.25, 0.3) is 0 Å². The van der Waals surface area contributed by atoms with Gasteiger partial charge in [0.2, 0.25) is 0 Å². The van der Waals surface area contributed by atoms with Crippen molar-refractivity contribution in [2.45, 2.75) is 19.9 Å². The summed E-state index contributed by atoms with van der Waals surface area (Å²) < 4.78 is 1.73. The number of aromatic nitrogens is 5. The zero-order valence-corrected chi connectivity index (χ0v) is 10.3. The van der Waals surface area contributed by atoms with Crippen LogP contribution >= 0.6 is 0 Å². The van der Waals surface area contributed by atoms with Crippen molar-refractivity contribution < 1.29 is 4.79 Å². The predicted molar refractivity (Wildman–Crippen MR) is 64.6 cm³/mol. The Balaban J connectivity index is 2.04. The molecule has 2 aromatic heterocycles. The van der Waals surface area contributed by atoms with Crippen molar-refractivity contribution >= 4 is 11.6 Å². The first-order valence-electron chi connectivity index (χ1n) is 5.57. The van der Waals surface area contributed by atoms with Crippen LogP contribution in [0, 0.1) is 0 Å². The number of amides is 1. The second-order valence-corrected chi connectivity index (χ2v) is 3.86. The molecule has 0 spiro atoms. The van der Waals surface area contributed by atoms with E-state index in [4.69, 9.17) is 5.73 Å². The third kappa shape index (κ3) is 2.17. The van der Waals surface area contributed by atoms with Gasteiger partial charge in [-0.25, -0.2) is 0 Å². The van der Waals surface area contributed by atoms with E-state index in [0.717, 1.165) is 5.69 Å². The maximum absolute atomic E-state index is 11.9. The standard InChI is InChI=1S/C10H15N7O/c1-3-6-8(11)9(16-14-6)10(18)12-4-7-15-13-5-17(7)2/h5H,3-4,11H2,1-2H3,(H,12,18)(H,14,16). The van der Waals surface area contributed by atoms with E-state index in [1.807, 2.05) is 6.92 Å². The molecule has 0 fully saturated rings. The molecule has 0 atom stereocenters. The summed E-state index contributed by atoms with van der Waals surface area (Å²) in [5.41, 5.74) is 7.18. The minimum Gasteiger partial charge on any atom is -0.395 e. The van der Waals surface area contributed by atoms with Crippen molar-refractivity contribution in [2.24, 2.45) is 7.05 Å². The third-order valence-corrected chi connectivity index (χ3v) is 2.66. The van der Waals surface area contributed by atoms with E-state index in [1.165, 1.54) is 0 Å². The van der Waals surface area contributed by atoms with Gasteiger partial charge in [0.1, 0.15) is 6.33 Å². The van der Waals surface area contributed by atoms with Gasteiger partial charge in [0.05, 0.1) is 17.9 Å². The van der Waals surface area contributed by atoms with Crippen LogP contribution in [0.4, 0.5) is 5.69 Å². The van der Waals surface area contributed by atoms with Gasteiger partial charge in [0, 0.05) is 7.05 Å². The Labute approximate surface area is 104 Å². The first-order chi connectivity index (χ1) is 8.63. The lowest BCUT2D eigenvalue weighted by atomic mass is 10.2. The molecular formula is C10H15N7O. The molecule has 0 aliphatic rings. The van der Waals surface area contributed by atoms with Crippen molar-refractivity contribution in [3.8, 4) is 0 Å². The van der Waals surface area contributed by atoms with E-state index in [0.29, 0.717) is 17.9 Å². The number of rotatable bonds is 4. The Morgan fingerprint density at radius 1 is 1.61 bits per heavy atom. The number of carbonyl (C=O) groups excluding carboxylic acids is 1. The van der Waals surface area contributed by atoms with Crippen LogP contribution in [0.5, 0.6) is 0 Å². The smallest absolute Gasteiger partial charge is 0.274 e. The number of anilines is 1. The summed E-state index contributed by atoms with van der Waals surface area (Å²) >= 11 is 0. The topological polar surface area (TPSA) is 115 Å². The third-order valence-electron chi connectivity index (χ3n) is 2.66. The van der Waals surface area contributed by atoms with Crippen LogP contribution in [-0.2, 0) is 20.0 Å². The summed E-state index contributed by atoms with van der Waals surface area (Å²) in [4.78, 5) is 11.9. The fraction of sp³-hybridized carbons (Fsp3) is 0.400. The van der Waals surface area contributed by atoms with Gasteiger partial charge in [-0.2, -0.15) is 5.10 Å². The highest BCUT2D eigenvalue weighted by molar-refractivity contribution is 5.97. The first kappa shape index (κ1) is 12.1. The highest BCUT2D eigenvalue weighted by atomic mass is 16.1. The molecule has 18 heavy (non-hydrogen) atoms. The quantitative estimate of drug-likeness (QED) is 0.683. The molecule has 0 aromatic carbocycles. The number of hydrogen-bond acceptors (Lipinski definition) is 5. The SMILES string of the molecule is CCc1[nH]nc(C(=O)NCc2nncn2C)c1N. The summed E-state index contributed by atoms with van der Waals surface area (Å²) in [6.45, 7) is 2.22. The fourth-order valence-electron chi connectivity index (χ4n) is 1.54. The first-order valence-corrected chi connectivity index (χ1v) is 5.57. The lowest BCUT2D eigenvalue weighted by molar-refractivity contribution is 0.0945. The monoisotopic (exact) mass is 249 g/mol. The Morgan fingerprint density at radius 2 is 2.39 bits per heavy atom. The average Bonchev–Trinajstić information content (AvgIpc) is 2.92. The van der Waals surface area contributed by atoms with Crippen LogP contribution in [0.15, 0.2) is 6.33 Å². The summed E-state index contributed by atoms with van der Waals surface area (Å²) in [5.74, 6) is 0.333. The van der Waals surface area contributed by atoms with Gasteiger partial charge in [-0.15, -0.1) is 10.2 Å². The molecule has 8 heteroatoms. The molecule has 0 unspecified atom stereocenters. The van der Waals surface area contributed by atoms with Gasteiger partial charge in [0.15, 0.2) is 11.5 Å². The molecule has 0 saturated carbocycles. The second-order valence-electron chi connectivity index (χ2n) is 3.86. The molecule has 0 radical (unpaired) electrons. The van der Waals surface area contributed by atoms with E-state index >= 15 is 0 Å². The second kappa shape index (κ2) is 4.86. The normalized spacial score (nSPS) is 10.6. The lowest BCUT2D eigenvalue weighted by Gasteiger charge is -2.03. The maximum atomic E-state index is 11.9. The van der Waals surface area contributed by atoms with Gasteiger partial charge in [-0.3, -0.25) is 9.89 Å². The van der Waals surface area contributed by atoms with Crippen molar-refractivity contribution in [1.29, 1.82) is 0 Å². The van der Waals surface area contributed by atoms with Crippen LogP contribution in [0.2, 0.25) is 0 Å². The highest BCUT2D eigenvalue weighted by Crippen LogP contribution is 2.14. The number of carbonyl (C=O) groups is 1. The van der Waals surface area contributed by atoms with E-state index < -0.39 is 0 Å². The van der Waals surface area contributed by atoms with Crippen molar-refractivity contribution in [3.05, 3.63) is 23.5 Å². The molecule has 0 bridgehead atoms. The van der Waals surface area contributed by atoms with Gasteiger partial charge < -0.3 is 15.6 Å². The minimum absolute atomic E-state index is 0.217. The molecule has 2 heterocycles. The summed E-state index contributed by atoms with van der Waals surface area (Å²) in [6.07, 6.45) is 2.27. The molecule has 2 aromatic rings. The van der Waals surface area contributed by atoms with Crippen molar-refractivity contribution in [3.63, 3.8) is 0 Å². The number of hydrogen-bond donors (Lipinski definition) is 3. The zero-order valence-electron chi connectivity index (χ0n) is 10.3. The molecule has 1 amide bonds. The van der Waals surface area contributed by atoms with E-state index in [1.54, 1.807) is 17.9 Å². The average molecular weight is 249 g/mol. The summed E-state index contributed by atoms with van der Waals surface area (Å²) in [5, 5.41) is 16.9. The van der Waals surface area contributed by atoms with E-state index in [9.17, 15) is 4.79 Å². The molecule has 4 N–H and O–H groups in total. The van der Waals surface area contributed by atoms with Gasteiger partial charge in [0.25, 0.3) is 5.91 Å².